The predicted octanol–water partition coefficient (Wildman–Crippen LogP) is 3.65. The Bertz CT molecular complexity index is 388. The monoisotopic (exact) mass is 291 g/mol. The van der Waals surface area contributed by atoms with Crippen molar-refractivity contribution < 1.29 is 4.74 Å². The van der Waals surface area contributed by atoms with Gasteiger partial charge < -0.3 is 10.1 Å². The maximum Gasteiger partial charge on any atom is 0.0892 e. The maximum absolute atomic E-state index is 6.33. The van der Waals surface area contributed by atoms with E-state index in [4.69, 9.17) is 4.74 Å². The molecule has 1 aliphatic rings. The third-order valence-corrected chi connectivity index (χ3v) is 4.39. The van der Waals surface area contributed by atoms with E-state index in [1.807, 2.05) is 6.20 Å². The van der Waals surface area contributed by atoms with Gasteiger partial charge in [0.1, 0.15) is 0 Å². The maximum atomic E-state index is 6.33. The van der Waals surface area contributed by atoms with Gasteiger partial charge in [0.2, 0.25) is 0 Å². The van der Waals surface area contributed by atoms with Crippen LogP contribution in [0, 0.1) is 0 Å². The van der Waals surface area contributed by atoms with Crippen molar-refractivity contribution >= 4 is 0 Å². The quantitative estimate of drug-likeness (QED) is 0.779. The average Bonchev–Trinajstić information content (AvgIpc) is 2.76. The molecule has 1 N–H and O–H groups in total. The molecule has 0 aliphatic heterocycles. The topological polar surface area (TPSA) is 47.0 Å². The molecule has 0 amide bonds. The van der Waals surface area contributed by atoms with Crippen LogP contribution >= 0.6 is 0 Å². The van der Waals surface area contributed by atoms with Gasteiger partial charge in [-0.2, -0.15) is 0 Å². The van der Waals surface area contributed by atoms with Crippen LogP contribution in [0.25, 0.3) is 0 Å². The van der Waals surface area contributed by atoms with Crippen LogP contribution < -0.4 is 5.32 Å². The number of aromatic nitrogens is 2. The lowest BCUT2D eigenvalue weighted by Crippen LogP contribution is -2.46. The molecule has 0 saturated heterocycles. The van der Waals surface area contributed by atoms with E-state index in [2.05, 4.69) is 29.1 Å². The van der Waals surface area contributed by atoms with Crippen LogP contribution in [0.3, 0.4) is 0 Å². The molecule has 118 valence electrons. The molecule has 1 aromatic rings. The van der Waals surface area contributed by atoms with E-state index in [1.165, 1.54) is 25.7 Å². The van der Waals surface area contributed by atoms with E-state index < -0.39 is 0 Å². The Kier molecular flexibility index (Phi) is 6.58. The Morgan fingerprint density at radius 1 is 1.19 bits per heavy atom. The molecule has 1 aromatic heterocycles. The van der Waals surface area contributed by atoms with E-state index in [9.17, 15) is 0 Å². The summed E-state index contributed by atoms with van der Waals surface area (Å²) in [4.78, 5) is 8.83. The Morgan fingerprint density at radius 3 is 2.52 bits per heavy atom. The summed E-state index contributed by atoms with van der Waals surface area (Å²) in [6.45, 7) is 6.03. The van der Waals surface area contributed by atoms with E-state index in [-0.39, 0.29) is 11.6 Å². The summed E-state index contributed by atoms with van der Waals surface area (Å²) < 4.78 is 6.33. The van der Waals surface area contributed by atoms with E-state index in [1.54, 1.807) is 12.4 Å². The second-order valence-corrected chi connectivity index (χ2v) is 5.93. The fourth-order valence-corrected chi connectivity index (χ4v) is 3.44. The molecular weight excluding hydrogens is 262 g/mol. The summed E-state index contributed by atoms with van der Waals surface area (Å²) in [5.41, 5.74) is 0.887. The highest BCUT2D eigenvalue weighted by Gasteiger charge is 2.41. The van der Waals surface area contributed by atoms with Crippen molar-refractivity contribution in [3.05, 3.63) is 24.3 Å². The second kappa shape index (κ2) is 8.44. The molecule has 1 atom stereocenters. The largest absolute Gasteiger partial charge is 0.373 e. The fraction of sp³-hybridized carbons (Fsp3) is 0.765. The molecule has 4 heteroatoms. The van der Waals surface area contributed by atoms with E-state index in [0.717, 1.165) is 38.1 Å². The average molecular weight is 291 g/mol. The molecule has 2 rings (SSSR count). The summed E-state index contributed by atoms with van der Waals surface area (Å²) in [6.07, 6.45) is 13.9. The van der Waals surface area contributed by atoms with Gasteiger partial charge in [0.15, 0.2) is 0 Å². The molecule has 4 nitrogen and oxygen atoms in total. The van der Waals surface area contributed by atoms with Gasteiger partial charge in [-0.3, -0.25) is 9.97 Å². The van der Waals surface area contributed by atoms with Crippen molar-refractivity contribution in [2.45, 2.75) is 70.4 Å². The highest BCUT2D eigenvalue weighted by molar-refractivity contribution is 5.11. The van der Waals surface area contributed by atoms with Crippen LogP contribution in [0.5, 0.6) is 0 Å². The Labute approximate surface area is 128 Å². The number of hydrogen-bond donors (Lipinski definition) is 1. The molecule has 0 aromatic carbocycles. The summed E-state index contributed by atoms with van der Waals surface area (Å²) in [5.74, 6) is 0. The molecule has 0 radical (unpaired) electrons. The molecule has 1 unspecified atom stereocenters. The van der Waals surface area contributed by atoms with Gasteiger partial charge >= 0.3 is 0 Å². The molecule has 1 fully saturated rings. The highest BCUT2D eigenvalue weighted by Crippen LogP contribution is 2.40. The van der Waals surface area contributed by atoms with Crippen molar-refractivity contribution in [1.29, 1.82) is 0 Å². The zero-order valence-electron chi connectivity index (χ0n) is 13.5. The van der Waals surface area contributed by atoms with Crippen LogP contribution in [0.2, 0.25) is 0 Å². The van der Waals surface area contributed by atoms with Gasteiger partial charge in [-0.15, -0.1) is 0 Å². The van der Waals surface area contributed by atoms with Crippen LogP contribution in [0.4, 0.5) is 0 Å². The van der Waals surface area contributed by atoms with Gasteiger partial charge in [0, 0.05) is 19.0 Å². The normalized spacial score (nSPS) is 19.9. The molecule has 0 spiro atoms. The lowest BCUT2D eigenvalue weighted by atomic mass is 9.84. The lowest BCUT2D eigenvalue weighted by molar-refractivity contribution is -0.0791. The van der Waals surface area contributed by atoms with Crippen molar-refractivity contribution in [2.24, 2.45) is 0 Å². The Hall–Kier alpha value is -1.00. The Balaban J connectivity index is 2.29. The molecule has 1 aliphatic carbocycles. The van der Waals surface area contributed by atoms with E-state index in [0.29, 0.717) is 0 Å². The second-order valence-electron chi connectivity index (χ2n) is 5.93. The minimum atomic E-state index is -0.129. The fourth-order valence-electron chi connectivity index (χ4n) is 3.44. The van der Waals surface area contributed by atoms with Gasteiger partial charge in [-0.05, 0) is 32.7 Å². The van der Waals surface area contributed by atoms with Crippen LogP contribution in [0.1, 0.15) is 70.5 Å². The summed E-state index contributed by atoms with van der Waals surface area (Å²) >= 11 is 0. The van der Waals surface area contributed by atoms with Gasteiger partial charge in [-0.1, -0.05) is 32.6 Å². The van der Waals surface area contributed by atoms with Gasteiger partial charge in [0.05, 0.1) is 23.5 Å². The van der Waals surface area contributed by atoms with Crippen molar-refractivity contribution in [2.75, 3.05) is 13.2 Å². The first-order valence-electron chi connectivity index (χ1n) is 8.45. The number of ether oxygens (including phenoxy) is 1. The standard InChI is InChI=1S/C17H29N3O/c1-3-11-20-16(15-14-18-12-13-19-15)17(21-4-2)9-7-5-6-8-10-17/h12-14,16,20H,3-11H2,1-2H3. The number of nitrogens with one attached hydrogen (secondary N) is 1. The summed E-state index contributed by atoms with van der Waals surface area (Å²) in [7, 11) is 0. The predicted molar refractivity (Wildman–Crippen MR) is 85.1 cm³/mol. The van der Waals surface area contributed by atoms with E-state index >= 15 is 0 Å². The first-order chi connectivity index (χ1) is 10.3. The van der Waals surface area contributed by atoms with Crippen molar-refractivity contribution in [3.63, 3.8) is 0 Å². The number of hydrogen-bond acceptors (Lipinski definition) is 4. The zero-order chi connectivity index (χ0) is 15.0. The SMILES string of the molecule is CCCNC(c1cnccn1)C1(OCC)CCCCCC1. The summed E-state index contributed by atoms with van der Waals surface area (Å²) in [6, 6.07) is 0.143. The molecule has 1 saturated carbocycles. The molecule has 21 heavy (non-hydrogen) atoms. The van der Waals surface area contributed by atoms with Crippen molar-refractivity contribution in [1.82, 2.24) is 15.3 Å². The van der Waals surface area contributed by atoms with Crippen molar-refractivity contribution in [3.8, 4) is 0 Å². The first kappa shape index (κ1) is 16.4. The summed E-state index contributed by atoms with van der Waals surface area (Å²) in [5, 5.41) is 3.68. The van der Waals surface area contributed by atoms with Gasteiger partial charge in [-0.25, -0.2) is 0 Å². The molecule has 0 bridgehead atoms. The number of nitrogens with zero attached hydrogens (tertiary/aromatic N) is 2. The van der Waals surface area contributed by atoms with Crippen LogP contribution in [-0.4, -0.2) is 28.7 Å². The Morgan fingerprint density at radius 2 is 1.95 bits per heavy atom. The molecular formula is C17H29N3O. The zero-order valence-corrected chi connectivity index (χ0v) is 13.5. The lowest BCUT2D eigenvalue weighted by Gasteiger charge is -2.40. The number of rotatable bonds is 7. The smallest absolute Gasteiger partial charge is 0.0892 e. The van der Waals surface area contributed by atoms with Crippen LogP contribution in [-0.2, 0) is 4.74 Å². The van der Waals surface area contributed by atoms with Gasteiger partial charge in [0.25, 0.3) is 0 Å². The first-order valence-corrected chi connectivity index (χ1v) is 8.45. The van der Waals surface area contributed by atoms with Crippen LogP contribution in [0.15, 0.2) is 18.6 Å². The third-order valence-electron chi connectivity index (χ3n) is 4.39. The highest BCUT2D eigenvalue weighted by atomic mass is 16.5. The minimum Gasteiger partial charge on any atom is -0.373 e. The molecule has 1 heterocycles. The minimum absolute atomic E-state index is 0.129. The third kappa shape index (κ3) is 4.24.